The summed E-state index contributed by atoms with van der Waals surface area (Å²) in [5.74, 6) is -0.210. The highest BCUT2D eigenvalue weighted by molar-refractivity contribution is 7.89. The van der Waals surface area contributed by atoms with Crippen LogP contribution < -0.4 is 10.0 Å². The summed E-state index contributed by atoms with van der Waals surface area (Å²) in [5, 5.41) is 2.63. The molecule has 0 spiro atoms. The average molecular weight is 236 g/mol. The summed E-state index contributed by atoms with van der Waals surface area (Å²) in [7, 11) is -3.27. The maximum Gasteiger partial charge on any atom is 0.235 e. The Morgan fingerprint density at radius 2 is 1.87 bits per heavy atom. The molecule has 0 saturated carbocycles. The van der Waals surface area contributed by atoms with Crippen molar-refractivity contribution in [1.29, 1.82) is 0 Å². The van der Waals surface area contributed by atoms with Crippen molar-refractivity contribution in [3.63, 3.8) is 0 Å². The Balaban J connectivity index is 3.71. The highest BCUT2D eigenvalue weighted by atomic mass is 32.2. The molecule has 0 atom stereocenters. The van der Waals surface area contributed by atoms with E-state index < -0.39 is 10.0 Å². The number of hydrogen-bond acceptors (Lipinski definition) is 3. The molecule has 0 bridgehead atoms. The van der Waals surface area contributed by atoms with Crippen LogP contribution in [-0.2, 0) is 14.8 Å². The van der Waals surface area contributed by atoms with E-state index in [4.69, 9.17) is 0 Å². The number of amides is 1. The van der Waals surface area contributed by atoms with Crippen LogP contribution in [-0.4, -0.2) is 33.2 Å². The molecule has 0 aromatic carbocycles. The molecule has 0 rings (SSSR count). The van der Waals surface area contributed by atoms with Crippen molar-refractivity contribution in [2.24, 2.45) is 0 Å². The van der Waals surface area contributed by atoms with Crippen LogP contribution in [0.2, 0.25) is 0 Å². The Morgan fingerprint density at radius 1 is 1.20 bits per heavy atom. The lowest BCUT2D eigenvalue weighted by molar-refractivity contribution is -0.119. The minimum absolute atomic E-state index is 0.0647. The van der Waals surface area contributed by atoms with E-state index in [0.29, 0.717) is 13.0 Å². The Morgan fingerprint density at radius 3 is 2.40 bits per heavy atom. The molecule has 0 aliphatic carbocycles. The normalized spacial score (nSPS) is 11.3. The first-order chi connectivity index (χ1) is 7.02. The molecule has 0 fully saturated rings. The Bertz CT molecular complexity index is 275. The van der Waals surface area contributed by atoms with Gasteiger partial charge in [-0.3, -0.25) is 4.79 Å². The van der Waals surface area contributed by atoms with E-state index in [1.165, 1.54) is 0 Å². The lowest BCUT2D eigenvalue weighted by atomic mass is 10.3. The quantitative estimate of drug-likeness (QED) is 0.592. The highest BCUT2D eigenvalue weighted by Crippen LogP contribution is 1.87. The first-order valence-corrected chi connectivity index (χ1v) is 6.91. The van der Waals surface area contributed by atoms with Gasteiger partial charge in [0.25, 0.3) is 0 Å². The van der Waals surface area contributed by atoms with Crippen molar-refractivity contribution in [2.75, 3.05) is 18.8 Å². The van der Waals surface area contributed by atoms with Crippen molar-refractivity contribution in [3.8, 4) is 0 Å². The predicted octanol–water partition coefficient (Wildman–Crippen LogP) is 0.232. The molecular formula is C9H20N2O3S. The third-order valence-electron chi connectivity index (χ3n) is 1.78. The minimum Gasteiger partial charge on any atom is -0.355 e. The second-order valence-corrected chi connectivity index (χ2v) is 5.27. The molecule has 0 aromatic heterocycles. The van der Waals surface area contributed by atoms with Gasteiger partial charge in [-0.2, -0.15) is 0 Å². The van der Waals surface area contributed by atoms with Gasteiger partial charge in [-0.15, -0.1) is 0 Å². The van der Waals surface area contributed by atoms with Crippen molar-refractivity contribution in [1.82, 2.24) is 10.0 Å². The maximum absolute atomic E-state index is 11.2. The van der Waals surface area contributed by atoms with E-state index in [-0.39, 0.29) is 18.2 Å². The number of hydrogen-bond donors (Lipinski definition) is 2. The first-order valence-electron chi connectivity index (χ1n) is 5.26. The fourth-order valence-electron chi connectivity index (χ4n) is 0.983. The molecule has 0 radical (unpaired) electrons. The number of nitrogens with one attached hydrogen (secondary N) is 2. The van der Waals surface area contributed by atoms with Gasteiger partial charge in [-0.1, -0.05) is 20.3 Å². The van der Waals surface area contributed by atoms with Crippen LogP contribution in [0.4, 0.5) is 0 Å². The molecule has 90 valence electrons. The number of sulfonamides is 1. The molecule has 15 heavy (non-hydrogen) atoms. The van der Waals surface area contributed by atoms with E-state index in [9.17, 15) is 13.2 Å². The number of unbranched alkanes of at least 4 members (excludes halogenated alkanes) is 1. The molecule has 0 unspecified atom stereocenters. The molecule has 6 heteroatoms. The molecular weight excluding hydrogens is 216 g/mol. The van der Waals surface area contributed by atoms with Gasteiger partial charge in [0.1, 0.15) is 0 Å². The summed E-state index contributed by atoms with van der Waals surface area (Å²) in [4.78, 5) is 11.1. The standard InChI is InChI=1S/C9H20N2O3S/c1-3-5-6-10-9(12)8-11-15(13,14)7-4-2/h11H,3-8H2,1-2H3,(H,10,12). The van der Waals surface area contributed by atoms with Gasteiger partial charge in [0, 0.05) is 6.54 Å². The summed E-state index contributed by atoms with van der Waals surface area (Å²) < 4.78 is 24.6. The van der Waals surface area contributed by atoms with E-state index in [2.05, 4.69) is 10.0 Å². The Kier molecular flexibility index (Phi) is 7.33. The second-order valence-electron chi connectivity index (χ2n) is 3.34. The fraction of sp³-hybridized carbons (Fsp3) is 0.889. The van der Waals surface area contributed by atoms with E-state index in [1.807, 2.05) is 6.92 Å². The largest absolute Gasteiger partial charge is 0.355 e. The van der Waals surface area contributed by atoms with Gasteiger partial charge < -0.3 is 5.32 Å². The van der Waals surface area contributed by atoms with E-state index in [0.717, 1.165) is 12.8 Å². The van der Waals surface area contributed by atoms with Crippen LogP contribution in [0.25, 0.3) is 0 Å². The van der Waals surface area contributed by atoms with Crippen LogP contribution in [0.15, 0.2) is 0 Å². The second kappa shape index (κ2) is 7.64. The number of carbonyl (C=O) groups excluding carboxylic acids is 1. The Hall–Kier alpha value is -0.620. The zero-order valence-corrected chi connectivity index (χ0v) is 10.2. The average Bonchev–Trinajstić information content (AvgIpc) is 2.15. The van der Waals surface area contributed by atoms with Gasteiger partial charge in [0.2, 0.25) is 15.9 Å². The van der Waals surface area contributed by atoms with Crippen LogP contribution in [0.1, 0.15) is 33.1 Å². The number of rotatable bonds is 8. The summed E-state index contributed by atoms with van der Waals surface area (Å²) in [5.41, 5.74) is 0. The van der Waals surface area contributed by atoms with Crippen LogP contribution in [0.5, 0.6) is 0 Å². The van der Waals surface area contributed by atoms with E-state index >= 15 is 0 Å². The molecule has 1 amide bonds. The van der Waals surface area contributed by atoms with Crippen LogP contribution in [0, 0.1) is 0 Å². The fourth-order valence-corrected chi connectivity index (χ4v) is 2.02. The molecule has 5 nitrogen and oxygen atoms in total. The van der Waals surface area contributed by atoms with Crippen molar-refractivity contribution >= 4 is 15.9 Å². The van der Waals surface area contributed by atoms with Crippen LogP contribution >= 0.6 is 0 Å². The lowest BCUT2D eigenvalue weighted by Gasteiger charge is -2.06. The van der Waals surface area contributed by atoms with Gasteiger partial charge in [0.05, 0.1) is 12.3 Å². The van der Waals surface area contributed by atoms with Gasteiger partial charge in [0.15, 0.2) is 0 Å². The molecule has 0 saturated heterocycles. The molecule has 0 aliphatic heterocycles. The third kappa shape index (κ3) is 8.38. The van der Waals surface area contributed by atoms with Gasteiger partial charge in [-0.05, 0) is 12.8 Å². The first kappa shape index (κ1) is 14.4. The zero-order valence-electron chi connectivity index (χ0n) is 9.38. The predicted molar refractivity (Wildman–Crippen MR) is 60.0 cm³/mol. The molecule has 0 aromatic rings. The third-order valence-corrected chi connectivity index (χ3v) is 3.31. The minimum atomic E-state index is -3.27. The molecule has 0 aliphatic rings. The summed E-state index contributed by atoms with van der Waals surface area (Å²) >= 11 is 0. The summed E-state index contributed by atoms with van der Waals surface area (Å²) in [6.07, 6.45) is 2.46. The van der Waals surface area contributed by atoms with Crippen molar-refractivity contribution in [2.45, 2.75) is 33.1 Å². The maximum atomic E-state index is 11.2. The topological polar surface area (TPSA) is 75.3 Å². The lowest BCUT2D eigenvalue weighted by Crippen LogP contribution is -2.38. The van der Waals surface area contributed by atoms with E-state index in [1.54, 1.807) is 6.92 Å². The SMILES string of the molecule is CCCCNC(=O)CNS(=O)(=O)CCC. The number of carbonyl (C=O) groups is 1. The van der Waals surface area contributed by atoms with Crippen molar-refractivity contribution < 1.29 is 13.2 Å². The highest BCUT2D eigenvalue weighted by Gasteiger charge is 2.10. The van der Waals surface area contributed by atoms with Gasteiger partial charge >= 0.3 is 0 Å². The summed E-state index contributed by atoms with van der Waals surface area (Å²) in [6, 6.07) is 0. The monoisotopic (exact) mass is 236 g/mol. The van der Waals surface area contributed by atoms with Gasteiger partial charge in [-0.25, -0.2) is 13.1 Å². The molecule has 0 heterocycles. The Labute approximate surface area is 91.7 Å². The molecule has 2 N–H and O–H groups in total. The van der Waals surface area contributed by atoms with Crippen LogP contribution in [0.3, 0.4) is 0 Å². The van der Waals surface area contributed by atoms with Crippen molar-refractivity contribution in [3.05, 3.63) is 0 Å². The summed E-state index contributed by atoms with van der Waals surface area (Å²) in [6.45, 7) is 4.24. The zero-order chi connectivity index (χ0) is 11.7. The smallest absolute Gasteiger partial charge is 0.235 e.